The van der Waals surface area contributed by atoms with Crippen molar-refractivity contribution in [1.29, 1.82) is 0 Å². The van der Waals surface area contributed by atoms with Gasteiger partial charge in [-0.2, -0.15) is 11.8 Å². The molecule has 0 saturated heterocycles. The van der Waals surface area contributed by atoms with Gasteiger partial charge in [-0.25, -0.2) is 0 Å². The number of hydrogen-bond acceptors (Lipinski definition) is 4. The van der Waals surface area contributed by atoms with Crippen molar-refractivity contribution < 1.29 is 9.90 Å². The summed E-state index contributed by atoms with van der Waals surface area (Å²) in [7, 11) is 0. The van der Waals surface area contributed by atoms with Crippen LogP contribution in [0.1, 0.15) is 13.3 Å². The summed E-state index contributed by atoms with van der Waals surface area (Å²) in [5, 5.41) is 11.5. The van der Waals surface area contributed by atoms with Gasteiger partial charge in [0.2, 0.25) is 5.91 Å². The highest BCUT2D eigenvalue weighted by molar-refractivity contribution is 7.98. The van der Waals surface area contributed by atoms with E-state index in [9.17, 15) is 4.79 Å². The van der Waals surface area contributed by atoms with Crippen LogP contribution in [0.25, 0.3) is 0 Å². The molecule has 2 atom stereocenters. The van der Waals surface area contributed by atoms with Crippen molar-refractivity contribution in [2.24, 2.45) is 5.73 Å². The minimum atomic E-state index is -0.517. The lowest BCUT2D eigenvalue weighted by atomic mass is 10.2. The standard InChI is InChI=1S/C8H18N2O2S/c1-6(11)5-10-8(12)7(9)3-4-13-2/h6-7,11H,3-5,9H2,1-2H3,(H,10,12)/t6-,7+/m1/s1. The molecule has 0 aliphatic heterocycles. The molecule has 0 unspecified atom stereocenters. The Kier molecular flexibility index (Phi) is 7.03. The summed E-state index contributed by atoms with van der Waals surface area (Å²) in [5.41, 5.74) is 5.58. The quantitative estimate of drug-likeness (QED) is 0.551. The van der Waals surface area contributed by atoms with Crippen LogP contribution < -0.4 is 11.1 Å². The third-order valence-corrected chi connectivity index (χ3v) is 2.19. The van der Waals surface area contributed by atoms with Gasteiger partial charge in [0.1, 0.15) is 0 Å². The number of carbonyl (C=O) groups is 1. The lowest BCUT2D eigenvalue weighted by Crippen LogP contribution is -2.43. The van der Waals surface area contributed by atoms with Gasteiger partial charge in [0.05, 0.1) is 12.1 Å². The maximum absolute atomic E-state index is 11.2. The molecule has 0 heterocycles. The van der Waals surface area contributed by atoms with Crippen LogP contribution in [0.5, 0.6) is 0 Å². The lowest BCUT2D eigenvalue weighted by molar-refractivity contribution is -0.122. The fourth-order valence-electron chi connectivity index (χ4n) is 0.755. The number of rotatable bonds is 6. The van der Waals surface area contributed by atoms with Crippen molar-refractivity contribution in [1.82, 2.24) is 5.32 Å². The van der Waals surface area contributed by atoms with Gasteiger partial charge in [-0.05, 0) is 25.4 Å². The molecule has 0 spiro atoms. The van der Waals surface area contributed by atoms with Crippen LogP contribution in [-0.4, -0.2) is 41.7 Å². The molecule has 13 heavy (non-hydrogen) atoms. The zero-order valence-corrected chi connectivity index (χ0v) is 8.93. The molecule has 0 aromatic heterocycles. The van der Waals surface area contributed by atoms with Crippen molar-refractivity contribution in [2.45, 2.75) is 25.5 Å². The smallest absolute Gasteiger partial charge is 0.237 e. The average Bonchev–Trinajstić information content (AvgIpc) is 2.10. The number of carbonyl (C=O) groups excluding carboxylic acids is 1. The molecule has 0 aliphatic rings. The molecule has 0 saturated carbocycles. The van der Waals surface area contributed by atoms with Crippen LogP contribution in [0.3, 0.4) is 0 Å². The van der Waals surface area contributed by atoms with Gasteiger partial charge in [-0.3, -0.25) is 4.79 Å². The summed E-state index contributed by atoms with van der Waals surface area (Å²) in [5.74, 6) is 0.693. The minimum absolute atomic E-state index is 0.185. The van der Waals surface area contributed by atoms with E-state index < -0.39 is 12.1 Å². The SMILES string of the molecule is CSCC[C@H](N)C(=O)NC[C@@H](C)O. The Hall–Kier alpha value is -0.260. The Morgan fingerprint density at radius 3 is 2.77 bits per heavy atom. The molecular weight excluding hydrogens is 188 g/mol. The van der Waals surface area contributed by atoms with Gasteiger partial charge in [-0.15, -0.1) is 0 Å². The predicted molar refractivity (Wildman–Crippen MR) is 55.7 cm³/mol. The molecule has 5 heteroatoms. The van der Waals surface area contributed by atoms with E-state index in [-0.39, 0.29) is 12.5 Å². The molecule has 0 aliphatic carbocycles. The predicted octanol–water partition coefficient (Wildman–Crippen LogP) is -0.436. The number of nitrogens with one attached hydrogen (secondary N) is 1. The number of aliphatic hydroxyl groups is 1. The third kappa shape index (κ3) is 6.86. The second kappa shape index (κ2) is 7.17. The van der Waals surface area contributed by atoms with Crippen LogP contribution >= 0.6 is 11.8 Å². The molecule has 0 rings (SSSR count). The van der Waals surface area contributed by atoms with E-state index in [1.807, 2.05) is 6.26 Å². The molecule has 78 valence electrons. The van der Waals surface area contributed by atoms with E-state index in [4.69, 9.17) is 10.8 Å². The first-order chi connectivity index (χ1) is 6.07. The highest BCUT2D eigenvalue weighted by Gasteiger charge is 2.12. The summed E-state index contributed by atoms with van der Waals surface area (Å²) in [4.78, 5) is 11.2. The minimum Gasteiger partial charge on any atom is -0.392 e. The van der Waals surface area contributed by atoms with Gasteiger partial charge in [0.15, 0.2) is 0 Å². The summed E-state index contributed by atoms with van der Waals surface area (Å²) in [6, 6.07) is -0.453. The van der Waals surface area contributed by atoms with Gasteiger partial charge in [0, 0.05) is 6.54 Å². The van der Waals surface area contributed by atoms with Gasteiger partial charge < -0.3 is 16.2 Å². The van der Waals surface area contributed by atoms with E-state index in [0.29, 0.717) is 6.42 Å². The van der Waals surface area contributed by atoms with Gasteiger partial charge >= 0.3 is 0 Å². The number of thioether (sulfide) groups is 1. The maximum atomic E-state index is 11.2. The second-order valence-electron chi connectivity index (χ2n) is 2.98. The summed E-state index contributed by atoms with van der Waals surface area (Å²) in [6.45, 7) is 1.89. The van der Waals surface area contributed by atoms with E-state index in [1.54, 1.807) is 18.7 Å². The summed E-state index contributed by atoms with van der Waals surface area (Å²) < 4.78 is 0. The maximum Gasteiger partial charge on any atom is 0.237 e. The fourth-order valence-corrected chi connectivity index (χ4v) is 1.24. The number of aliphatic hydroxyl groups excluding tert-OH is 1. The number of amides is 1. The number of hydrogen-bond donors (Lipinski definition) is 3. The van der Waals surface area contributed by atoms with Crippen molar-refractivity contribution in [3.8, 4) is 0 Å². The van der Waals surface area contributed by atoms with Crippen LogP contribution in [0.15, 0.2) is 0 Å². The largest absolute Gasteiger partial charge is 0.392 e. The lowest BCUT2D eigenvalue weighted by Gasteiger charge is -2.12. The zero-order chi connectivity index (χ0) is 10.3. The number of nitrogens with two attached hydrogens (primary N) is 1. The molecule has 1 amide bonds. The van der Waals surface area contributed by atoms with E-state index in [1.165, 1.54) is 0 Å². The van der Waals surface area contributed by atoms with Crippen molar-refractivity contribution in [2.75, 3.05) is 18.6 Å². The fraction of sp³-hybridized carbons (Fsp3) is 0.875. The topological polar surface area (TPSA) is 75.4 Å². The first-order valence-corrected chi connectivity index (χ1v) is 5.67. The highest BCUT2D eigenvalue weighted by atomic mass is 32.2. The Morgan fingerprint density at radius 1 is 1.69 bits per heavy atom. The summed E-state index contributed by atoms with van der Waals surface area (Å²) >= 11 is 1.66. The first kappa shape index (κ1) is 12.7. The van der Waals surface area contributed by atoms with Crippen molar-refractivity contribution in [3.63, 3.8) is 0 Å². The second-order valence-corrected chi connectivity index (χ2v) is 3.97. The van der Waals surface area contributed by atoms with Crippen LogP contribution in [-0.2, 0) is 4.79 Å². The third-order valence-electron chi connectivity index (χ3n) is 1.54. The van der Waals surface area contributed by atoms with Crippen molar-refractivity contribution >= 4 is 17.7 Å². The molecule has 0 bridgehead atoms. The average molecular weight is 206 g/mol. The van der Waals surface area contributed by atoms with Gasteiger partial charge in [-0.1, -0.05) is 0 Å². The Bertz CT molecular complexity index is 153. The summed E-state index contributed by atoms with van der Waals surface area (Å²) in [6.07, 6.45) is 2.13. The van der Waals surface area contributed by atoms with Crippen LogP contribution in [0, 0.1) is 0 Å². The zero-order valence-electron chi connectivity index (χ0n) is 8.12. The normalized spacial score (nSPS) is 15.1. The molecule has 0 aromatic carbocycles. The monoisotopic (exact) mass is 206 g/mol. The first-order valence-electron chi connectivity index (χ1n) is 4.28. The molecule has 0 aromatic rings. The highest BCUT2D eigenvalue weighted by Crippen LogP contribution is 1.98. The molecule has 0 fully saturated rings. The molecule has 0 radical (unpaired) electrons. The van der Waals surface area contributed by atoms with Gasteiger partial charge in [0.25, 0.3) is 0 Å². The van der Waals surface area contributed by atoms with Crippen LogP contribution in [0.4, 0.5) is 0 Å². The Morgan fingerprint density at radius 2 is 2.31 bits per heavy atom. The Labute approximate surface area is 83.3 Å². The van der Waals surface area contributed by atoms with E-state index in [0.717, 1.165) is 5.75 Å². The Balaban J connectivity index is 3.57. The van der Waals surface area contributed by atoms with E-state index in [2.05, 4.69) is 5.32 Å². The van der Waals surface area contributed by atoms with E-state index >= 15 is 0 Å². The van der Waals surface area contributed by atoms with Crippen LogP contribution in [0.2, 0.25) is 0 Å². The molecule has 4 nitrogen and oxygen atoms in total. The molecule has 4 N–H and O–H groups in total. The molecular formula is C8H18N2O2S. The van der Waals surface area contributed by atoms with Crippen molar-refractivity contribution in [3.05, 3.63) is 0 Å².